The number of fused-ring (bicyclic) bond motifs is 1. The molecule has 1 aliphatic carbocycles. The van der Waals surface area contributed by atoms with Crippen molar-refractivity contribution in [2.75, 3.05) is 7.05 Å². The molecule has 0 amide bonds. The molecular weight excluding hydrogens is 286 g/mol. The monoisotopic (exact) mass is 305 g/mol. The minimum Gasteiger partial charge on any atom is -0.309 e. The standard InChI is InChI=1S/C17H20ClNS/c1-19-17(13-7-5-8-14(18)10-13)16-11-12-6-3-2-4-9-15(12)20-16/h5,7-8,10-11,17,19H,2-4,6,9H2,1H3. The van der Waals surface area contributed by atoms with Crippen molar-refractivity contribution >= 4 is 22.9 Å². The maximum Gasteiger partial charge on any atom is 0.0669 e. The van der Waals surface area contributed by atoms with Gasteiger partial charge >= 0.3 is 0 Å². The molecule has 1 heterocycles. The Labute approximate surface area is 130 Å². The van der Waals surface area contributed by atoms with E-state index in [1.165, 1.54) is 42.5 Å². The molecule has 0 spiro atoms. The Balaban J connectivity index is 1.93. The molecule has 3 rings (SSSR count). The van der Waals surface area contributed by atoms with E-state index in [0.29, 0.717) is 0 Å². The van der Waals surface area contributed by atoms with Crippen molar-refractivity contribution in [3.05, 3.63) is 56.2 Å². The molecule has 0 saturated heterocycles. The van der Waals surface area contributed by atoms with E-state index in [1.54, 1.807) is 10.4 Å². The third-order valence-corrected chi connectivity index (χ3v) is 5.56. The SMILES string of the molecule is CNC(c1cccc(Cl)c1)c1cc2c(s1)CCCCC2. The van der Waals surface area contributed by atoms with E-state index < -0.39 is 0 Å². The highest BCUT2D eigenvalue weighted by atomic mass is 35.5. The fourth-order valence-electron chi connectivity index (χ4n) is 2.99. The molecule has 0 fully saturated rings. The van der Waals surface area contributed by atoms with E-state index in [4.69, 9.17) is 11.6 Å². The third-order valence-electron chi connectivity index (χ3n) is 4.02. The van der Waals surface area contributed by atoms with Crippen LogP contribution in [-0.2, 0) is 12.8 Å². The van der Waals surface area contributed by atoms with E-state index in [1.807, 2.05) is 30.5 Å². The van der Waals surface area contributed by atoms with Gasteiger partial charge in [-0.1, -0.05) is 30.2 Å². The second-order valence-electron chi connectivity index (χ2n) is 5.43. The zero-order valence-corrected chi connectivity index (χ0v) is 13.4. The summed E-state index contributed by atoms with van der Waals surface area (Å²) >= 11 is 8.11. The Hall–Kier alpha value is -0.830. The van der Waals surface area contributed by atoms with Gasteiger partial charge in [-0.2, -0.15) is 0 Å². The fourth-order valence-corrected chi connectivity index (χ4v) is 4.59. The first kappa shape index (κ1) is 14.1. The van der Waals surface area contributed by atoms with Crippen molar-refractivity contribution < 1.29 is 0 Å². The molecule has 20 heavy (non-hydrogen) atoms. The van der Waals surface area contributed by atoms with Crippen molar-refractivity contribution in [2.24, 2.45) is 0 Å². The second kappa shape index (κ2) is 6.30. The molecule has 3 heteroatoms. The van der Waals surface area contributed by atoms with Gasteiger partial charge in [0.1, 0.15) is 0 Å². The predicted octanol–water partition coefficient (Wildman–Crippen LogP) is 4.98. The van der Waals surface area contributed by atoms with Crippen LogP contribution in [0.2, 0.25) is 5.02 Å². The van der Waals surface area contributed by atoms with Crippen LogP contribution >= 0.6 is 22.9 Å². The first-order chi connectivity index (χ1) is 9.78. The van der Waals surface area contributed by atoms with Gasteiger partial charge in [0.15, 0.2) is 0 Å². The predicted molar refractivity (Wildman–Crippen MR) is 87.9 cm³/mol. The normalized spacial score (nSPS) is 16.5. The van der Waals surface area contributed by atoms with E-state index in [9.17, 15) is 0 Å². The molecule has 0 bridgehead atoms. The number of aryl methyl sites for hydroxylation is 2. The van der Waals surface area contributed by atoms with Crippen molar-refractivity contribution in [1.29, 1.82) is 0 Å². The molecule has 2 aromatic rings. The zero-order chi connectivity index (χ0) is 13.9. The maximum absolute atomic E-state index is 6.13. The molecule has 1 atom stereocenters. The summed E-state index contributed by atoms with van der Waals surface area (Å²) in [5.41, 5.74) is 2.82. The van der Waals surface area contributed by atoms with Gasteiger partial charge < -0.3 is 5.32 Å². The van der Waals surface area contributed by atoms with Crippen LogP contribution in [0.5, 0.6) is 0 Å². The summed E-state index contributed by atoms with van der Waals surface area (Å²) in [5, 5.41) is 4.24. The molecule has 1 aromatic carbocycles. The molecule has 0 aliphatic heterocycles. The molecule has 0 radical (unpaired) electrons. The lowest BCUT2D eigenvalue weighted by Crippen LogP contribution is -2.16. The van der Waals surface area contributed by atoms with E-state index in [-0.39, 0.29) is 6.04 Å². The van der Waals surface area contributed by atoms with Gasteiger partial charge in [-0.25, -0.2) is 0 Å². The quantitative estimate of drug-likeness (QED) is 0.789. The van der Waals surface area contributed by atoms with Crippen LogP contribution in [0.3, 0.4) is 0 Å². The average molecular weight is 306 g/mol. The van der Waals surface area contributed by atoms with Gasteiger partial charge in [-0.05, 0) is 62.1 Å². The molecule has 106 valence electrons. The largest absolute Gasteiger partial charge is 0.309 e. The van der Waals surface area contributed by atoms with E-state index >= 15 is 0 Å². The zero-order valence-electron chi connectivity index (χ0n) is 11.8. The highest BCUT2D eigenvalue weighted by Gasteiger charge is 2.19. The van der Waals surface area contributed by atoms with Crippen LogP contribution in [0.15, 0.2) is 30.3 Å². The van der Waals surface area contributed by atoms with E-state index in [0.717, 1.165) is 5.02 Å². The number of benzene rings is 1. The molecule has 1 N–H and O–H groups in total. The maximum atomic E-state index is 6.13. The lowest BCUT2D eigenvalue weighted by molar-refractivity contribution is 0.698. The Morgan fingerprint density at radius 2 is 2.00 bits per heavy atom. The first-order valence-electron chi connectivity index (χ1n) is 7.32. The number of nitrogens with one attached hydrogen (secondary N) is 1. The van der Waals surface area contributed by atoms with Crippen LogP contribution in [-0.4, -0.2) is 7.05 Å². The van der Waals surface area contributed by atoms with Gasteiger partial charge in [-0.15, -0.1) is 11.3 Å². The summed E-state index contributed by atoms with van der Waals surface area (Å²) < 4.78 is 0. The topological polar surface area (TPSA) is 12.0 Å². The number of thiophene rings is 1. The number of hydrogen-bond acceptors (Lipinski definition) is 2. The summed E-state index contributed by atoms with van der Waals surface area (Å²) in [6.07, 6.45) is 6.56. The molecule has 0 saturated carbocycles. The molecule has 1 nitrogen and oxygen atoms in total. The van der Waals surface area contributed by atoms with Crippen molar-refractivity contribution in [2.45, 2.75) is 38.1 Å². The van der Waals surface area contributed by atoms with Crippen LogP contribution in [0.1, 0.15) is 46.2 Å². The molecule has 1 unspecified atom stereocenters. The number of hydrogen-bond donors (Lipinski definition) is 1. The lowest BCUT2D eigenvalue weighted by atomic mass is 10.0. The van der Waals surface area contributed by atoms with Gasteiger partial charge in [0.25, 0.3) is 0 Å². The fraction of sp³-hybridized carbons (Fsp3) is 0.412. The van der Waals surface area contributed by atoms with Crippen LogP contribution in [0, 0.1) is 0 Å². The molecule has 1 aromatic heterocycles. The average Bonchev–Trinajstić information content (AvgIpc) is 2.70. The minimum atomic E-state index is 0.255. The van der Waals surface area contributed by atoms with Gasteiger partial charge in [0.05, 0.1) is 6.04 Å². The minimum absolute atomic E-state index is 0.255. The van der Waals surface area contributed by atoms with Crippen LogP contribution in [0.25, 0.3) is 0 Å². The summed E-state index contributed by atoms with van der Waals surface area (Å²) in [5.74, 6) is 0. The van der Waals surface area contributed by atoms with Crippen molar-refractivity contribution in [3.8, 4) is 0 Å². The second-order valence-corrected chi connectivity index (χ2v) is 7.04. The lowest BCUT2D eigenvalue weighted by Gasteiger charge is -2.15. The number of rotatable bonds is 3. The summed E-state index contributed by atoms with van der Waals surface area (Å²) in [4.78, 5) is 3.02. The number of halogens is 1. The highest BCUT2D eigenvalue weighted by Crippen LogP contribution is 2.35. The van der Waals surface area contributed by atoms with Crippen molar-refractivity contribution in [1.82, 2.24) is 5.32 Å². The van der Waals surface area contributed by atoms with Gasteiger partial charge in [0, 0.05) is 14.8 Å². The first-order valence-corrected chi connectivity index (χ1v) is 8.51. The Bertz CT molecular complexity index is 567. The Kier molecular flexibility index (Phi) is 4.45. The summed E-state index contributed by atoms with van der Waals surface area (Å²) in [6.45, 7) is 0. The summed E-state index contributed by atoms with van der Waals surface area (Å²) in [7, 11) is 2.02. The Morgan fingerprint density at radius 3 is 2.80 bits per heavy atom. The smallest absolute Gasteiger partial charge is 0.0669 e. The third kappa shape index (κ3) is 2.93. The van der Waals surface area contributed by atoms with Gasteiger partial charge in [-0.3, -0.25) is 0 Å². The Morgan fingerprint density at radius 1 is 1.15 bits per heavy atom. The van der Waals surface area contributed by atoms with Gasteiger partial charge in [0.2, 0.25) is 0 Å². The molecular formula is C17H20ClNS. The van der Waals surface area contributed by atoms with Crippen LogP contribution in [0.4, 0.5) is 0 Å². The van der Waals surface area contributed by atoms with Crippen LogP contribution < -0.4 is 5.32 Å². The summed E-state index contributed by atoms with van der Waals surface area (Å²) in [6, 6.07) is 10.8. The van der Waals surface area contributed by atoms with E-state index in [2.05, 4.69) is 23.5 Å². The molecule has 1 aliphatic rings. The van der Waals surface area contributed by atoms with Crippen molar-refractivity contribution in [3.63, 3.8) is 0 Å². The highest BCUT2D eigenvalue weighted by molar-refractivity contribution is 7.12.